The highest BCUT2D eigenvalue weighted by molar-refractivity contribution is 5.69. The standard InChI is InChI=1S/C10H19NO2/c1-2-5-10(12)13-8-9-6-3-4-7-11-9/h9,11H,2-8H2,1H3. The van der Waals surface area contributed by atoms with Crippen LogP contribution in [0.4, 0.5) is 0 Å². The van der Waals surface area contributed by atoms with Crippen molar-refractivity contribution >= 4 is 5.97 Å². The molecule has 1 saturated heterocycles. The van der Waals surface area contributed by atoms with Gasteiger partial charge in [0.05, 0.1) is 0 Å². The van der Waals surface area contributed by atoms with Crippen LogP contribution in [0.25, 0.3) is 0 Å². The number of carbonyl (C=O) groups is 1. The molecule has 0 amide bonds. The SMILES string of the molecule is CCCC(=O)OCC1CCCCN1. The van der Waals surface area contributed by atoms with Gasteiger partial charge in [0, 0.05) is 12.5 Å². The first-order valence-corrected chi connectivity index (χ1v) is 5.22. The van der Waals surface area contributed by atoms with Crippen molar-refractivity contribution in [2.45, 2.75) is 45.1 Å². The summed E-state index contributed by atoms with van der Waals surface area (Å²) < 4.78 is 5.12. The Bertz CT molecular complexity index is 153. The van der Waals surface area contributed by atoms with Crippen LogP contribution in [-0.4, -0.2) is 25.2 Å². The summed E-state index contributed by atoms with van der Waals surface area (Å²) in [5.74, 6) is -0.0603. The number of hydrogen-bond acceptors (Lipinski definition) is 3. The minimum absolute atomic E-state index is 0.0603. The Hall–Kier alpha value is -0.570. The molecule has 0 radical (unpaired) electrons. The van der Waals surface area contributed by atoms with Gasteiger partial charge in [-0.2, -0.15) is 0 Å². The van der Waals surface area contributed by atoms with Gasteiger partial charge < -0.3 is 10.1 Å². The van der Waals surface area contributed by atoms with E-state index >= 15 is 0 Å². The third kappa shape index (κ3) is 4.27. The van der Waals surface area contributed by atoms with Crippen molar-refractivity contribution in [2.75, 3.05) is 13.2 Å². The predicted molar refractivity (Wildman–Crippen MR) is 51.5 cm³/mol. The fraction of sp³-hybridized carbons (Fsp3) is 0.900. The van der Waals surface area contributed by atoms with E-state index < -0.39 is 0 Å². The van der Waals surface area contributed by atoms with Crippen molar-refractivity contribution in [1.82, 2.24) is 5.32 Å². The van der Waals surface area contributed by atoms with E-state index in [4.69, 9.17) is 4.74 Å². The van der Waals surface area contributed by atoms with Crippen molar-refractivity contribution in [2.24, 2.45) is 0 Å². The average molecular weight is 185 g/mol. The third-order valence-electron chi connectivity index (χ3n) is 2.31. The normalized spacial score (nSPS) is 22.7. The van der Waals surface area contributed by atoms with Crippen molar-refractivity contribution in [3.63, 3.8) is 0 Å². The second-order valence-corrected chi connectivity index (χ2v) is 3.58. The van der Waals surface area contributed by atoms with Gasteiger partial charge in [0.1, 0.15) is 6.61 Å². The molecule has 1 unspecified atom stereocenters. The summed E-state index contributed by atoms with van der Waals surface area (Å²) in [6.07, 6.45) is 5.06. The Kier molecular flexibility index (Phi) is 4.83. The number of ether oxygens (including phenoxy) is 1. The molecule has 1 atom stereocenters. The monoisotopic (exact) mass is 185 g/mol. The van der Waals surface area contributed by atoms with Gasteiger partial charge in [-0.3, -0.25) is 4.79 Å². The zero-order valence-corrected chi connectivity index (χ0v) is 8.34. The van der Waals surface area contributed by atoms with E-state index in [0.29, 0.717) is 19.1 Å². The second kappa shape index (κ2) is 5.97. The quantitative estimate of drug-likeness (QED) is 0.674. The van der Waals surface area contributed by atoms with Crippen LogP contribution in [0.2, 0.25) is 0 Å². The Morgan fingerprint density at radius 1 is 1.54 bits per heavy atom. The van der Waals surface area contributed by atoms with E-state index in [-0.39, 0.29) is 5.97 Å². The fourth-order valence-electron chi connectivity index (χ4n) is 1.54. The van der Waals surface area contributed by atoms with Crippen LogP contribution >= 0.6 is 0 Å². The molecule has 0 aromatic rings. The first kappa shape index (κ1) is 10.5. The maximum Gasteiger partial charge on any atom is 0.305 e. The van der Waals surface area contributed by atoms with Gasteiger partial charge in [-0.1, -0.05) is 13.3 Å². The van der Waals surface area contributed by atoms with Crippen LogP contribution in [0, 0.1) is 0 Å². The van der Waals surface area contributed by atoms with Crippen LogP contribution in [0.3, 0.4) is 0 Å². The maximum absolute atomic E-state index is 11.0. The predicted octanol–water partition coefficient (Wildman–Crippen LogP) is 1.47. The lowest BCUT2D eigenvalue weighted by Crippen LogP contribution is -2.38. The largest absolute Gasteiger partial charge is 0.464 e. The highest BCUT2D eigenvalue weighted by atomic mass is 16.5. The number of nitrogens with one attached hydrogen (secondary N) is 1. The summed E-state index contributed by atoms with van der Waals surface area (Å²) in [6, 6.07) is 0.398. The topological polar surface area (TPSA) is 38.3 Å². The molecule has 1 aliphatic heterocycles. The summed E-state index contributed by atoms with van der Waals surface area (Å²) >= 11 is 0. The van der Waals surface area contributed by atoms with Crippen LogP contribution in [0.15, 0.2) is 0 Å². The van der Waals surface area contributed by atoms with Gasteiger partial charge in [0.25, 0.3) is 0 Å². The number of rotatable bonds is 4. The molecule has 1 heterocycles. The molecule has 1 fully saturated rings. The molecule has 1 aliphatic rings. The molecule has 0 aliphatic carbocycles. The number of esters is 1. The van der Waals surface area contributed by atoms with E-state index in [9.17, 15) is 4.79 Å². The summed E-state index contributed by atoms with van der Waals surface area (Å²) in [5, 5.41) is 3.34. The summed E-state index contributed by atoms with van der Waals surface area (Å²) in [5.41, 5.74) is 0. The summed E-state index contributed by atoms with van der Waals surface area (Å²) in [4.78, 5) is 11.0. The molecule has 1 N–H and O–H groups in total. The molecule has 13 heavy (non-hydrogen) atoms. The molecular formula is C10H19NO2. The van der Waals surface area contributed by atoms with Crippen LogP contribution in [0.1, 0.15) is 39.0 Å². The number of hydrogen-bond donors (Lipinski definition) is 1. The molecular weight excluding hydrogens is 166 g/mol. The Morgan fingerprint density at radius 2 is 2.38 bits per heavy atom. The van der Waals surface area contributed by atoms with Gasteiger partial charge in [0.2, 0.25) is 0 Å². The Morgan fingerprint density at radius 3 is 3.00 bits per heavy atom. The van der Waals surface area contributed by atoms with Crippen molar-refractivity contribution in [3.05, 3.63) is 0 Å². The first-order valence-electron chi connectivity index (χ1n) is 5.22. The van der Waals surface area contributed by atoms with E-state index in [0.717, 1.165) is 19.4 Å². The van der Waals surface area contributed by atoms with E-state index in [1.807, 2.05) is 6.92 Å². The molecule has 0 saturated carbocycles. The zero-order chi connectivity index (χ0) is 9.52. The highest BCUT2D eigenvalue weighted by Gasteiger charge is 2.13. The van der Waals surface area contributed by atoms with E-state index in [1.165, 1.54) is 12.8 Å². The molecule has 76 valence electrons. The minimum atomic E-state index is -0.0603. The minimum Gasteiger partial charge on any atom is -0.464 e. The van der Waals surface area contributed by atoms with E-state index in [1.54, 1.807) is 0 Å². The van der Waals surface area contributed by atoms with Gasteiger partial charge >= 0.3 is 5.97 Å². The molecule has 3 nitrogen and oxygen atoms in total. The van der Waals surface area contributed by atoms with Crippen LogP contribution in [-0.2, 0) is 9.53 Å². The van der Waals surface area contributed by atoms with Crippen LogP contribution < -0.4 is 5.32 Å². The highest BCUT2D eigenvalue weighted by Crippen LogP contribution is 2.07. The molecule has 0 bridgehead atoms. The fourth-order valence-corrected chi connectivity index (χ4v) is 1.54. The summed E-state index contributed by atoms with van der Waals surface area (Å²) in [7, 11) is 0. The van der Waals surface area contributed by atoms with E-state index in [2.05, 4.69) is 5.32 Å². The molecule has 1 rings (SSSR count). The van der Waals surface area contributed by atoms with Gasteiger partial charge in [0.15, 0.2) is 0 Å². The lowest BCUT2D eigenvalue weighted by molar-refractivity contribution is -0.144. The van der Waals surface area contributed by atoms with Crippen molar-refractivity contribution in [1.29, 1.82) is 0 Å². The average Bonchev–Trinajstić information content (AvgIpc) is 2.17. The second-order valence-electron chi connectivity index (χ2n) is 3.58. The molecule has 0 spiro atoms. The van der Waals surface area contributed by atoms with Gasteiger partial charge in [-0.05, 0) is 25.8 Å². The number of carbonyl (C=O) groups excluding carboxylic acids is 1. The zero-order valence-electron chi connectivity index (χ0n) is 8.34. The van der Waals surface area contributed by atoms with Crippen molar-refractivity contribution in [3.8, 4) is 0 Å². The first-order chi connectivity index (χ1) is 6.33. The number of piperidine rings is 1. The lowest BCUT2D eigenvalue weighted by atomic mass is 10.1. The smallest absolute Gasteiger partial charge is 0.305 e. The lowest BCUT2D eigenvalue weighted by Gasteiger charge is -2.22. The molecule has 0 aromatic heterocycles. The maximum atomic E-state index is 11.0. The summed E-state index contributed by atoms with van der Waals surface area (Å²) in [6.45, 7) is 3.61. The van der Waals surface area contributed by atoms with Gasteiger partial charge in [-0.25, -0.2) is 0 Å². The Balaban J connectivity index is 2.06. The van der Waals surface area contributed by atoms with Crippen LogP contribution in [0.5, 0.6) is 0 Å². The third-order valence-corrected chi connectivity index (χ3v) is 2.31. The molecule has 3 heteroatoms. The van der Waals surface area contributed by atoms with Crippen molar-refractivity contribution < 1.29 is 9.53 Å². The Labute approximate surface area is 79.8 Å². The molecule has 0 aromatic carbocycles. The van der Waals surface area contributed by atoms with Gasteiger partial charge in [-0.15, -0.1) is 0 Å².